The Morgan fingerprint density at radius 3 is 1.87 bits per heavy atom. The Morgan fingerprint density at radius 1 is 0.767 bits per heavy atom. The van der Waals surface area contributed by atoms with Gasteiger partial charge in [-0.15, -0.1) is 0 Å². The number of carbonyl (C=O) groups is 3. The van der Waals surface area contributed by atoms with Crippen molar-refractivity contribution in [3.8, 4) is 0 Å². The molecule has 0 saturated carbocycles. The summed E-state index contributed by atoms with van der Waals surface area (Å²) < 4.78 is 14.9. The molecule has 1 aliphatic heterocycles. The number of para-hydroxylation sites is 1. The molecule has 30 heavy (non-hydrogen) atoms. The maximum atomic E-state index is 12.9. The van der Waals surface area contributed by atoms with Crippen molar-refractivity contribution < 1.29 is 28.6 Å². The molecule has 0 aromatic heterocycles. The summed E-state index contributed by atoms with van der Waals surface area (Å²) in [5, 5.41) is 0. The molecule has 0 N–H and O–H groups in total. The molecule has 0 saturated heterocycles. The Balaban J connectivity index is 2.34. The first kappa shape index (κ1) is 21.1. The van der Waals surface area contributed by atoms with E-state index < -0.39 is 30.0 Å². The standard InChI is InChI=1S/C23H23NO6/c1-14-10-12-15(13-11-14)19-17(21(25)28-2)18(22(26)29-3)20(23(27)30-4)24(19)16-8-6-5-7-9-16/h5-13,19-20H,1-4H3/t19-,20+/m0/s1. The highest BCUT2D eigenvalue weighted by Gasteiger charge is 2.51. The molecule has 2 atom stereocenters. The van der Waals surface area contributed by atoms with E-state index in [0.29, 0.717) is 5.69 Å². The molecule has 1 heterocycles. The van der Waals surface area contributed by atoms with Crippen LogP contribution in [-0.4, -0.2) is 45.3 Å². The number of benzene rings is 2. The zero-order chi connectivity index (χ0) is 21.8. The molecule has 0 unspecified atom stereocenters. The highest BCUT2D eigenvalue weighted by atomic mass is 16.5. The van der Waals surface area contributed by atoms with Gasteiger partial charge in [0.2, 0.25) is 0 Å². The Hall–Kier alpha value is -3.61. The van der Waals surface area contributed by atoms with E-state index in [-0.39, 0.29) is 11.1 Å². The molecule has 0 radical (unpaired) electrons. The smallest absolute Gasteiger partial charge is 0.337 e. The number of carbonyl (C=O) groups excluding carboxylic acids is 3. The van der Waals surface area contributed by atoms with Crippen LogP contribution in [0.5, 0.6) is 0 Å². The Labute approximate surface area is 174 Å². The summed E-state index contributed by atoms with van der Waals surface area (Å²) in [7, 11) is 3.66. The fourth-order valence-electron chi connectivity index (χ4n) is 3.70. The van der Waals surface area contributed by atoms with E-state index in [1.165, 1.54) is 21.3 Å². The monoisotopic (exact) mass is 409 g/mol. The molecular weight excluding hydrogens is 386 g/mol. The van der Waals surface area contributed by atoms with Gasteiger partial charge >= 0.3 is 17.9 Å². The molecule has 156 valence electrons. The topological polar surface area (TPSA) is 82.1 Å². The van der Waals surface area contributed by atoms with Gasteiger partial charge in [0, 0.05) is 5.69 Å². The second kappa shape index (κ2) is 8.82. The van der Waals surface area contributed by atoms with Crippen LogP contribution in [0.1, 0.15) is 17.2 Å². The minimum Gasteiger partial charge on any atom is -0.467 e. The predicted molar refractivity (Wildman–Crippen MR) is 110 cm³/mol. The summed E-state index contributed by atoms with van der Waals surface area (Å²) in [4.78, 5) is 40.2. The Bertz CT molecular complexity index is 981. The van der Waals surface area contributed by atoms with E-state index in [2.05, 4.69) is 0 Å². The first-order valence-corrected chi connectivity index (χ1v) is 9.33. The number of methoxy groups -OCH3 is 3. The van der Waals surface area contributed by atoms with Crippen molar-refractivity contribution in [2.75, 3.05) is 26.2 Å². The van der Waals surface area contributed by atoms with Crippen LogP contribution < -0.4 is 4.90 Å². The minimum atomic E-state index is -1.18. The normalized spacial score (nSPS) is 18.2. The zero-order valence-electron chi connectivity index (χ0n) is 17.2. The molecule has 7 heteroatoms. The van der Waals surface area contributed by atoms with Crippen molar-refractivity contribution in [3.05, 3.63) is 76.9 Å². The number of hydrogen-bond donors (Lipinski definition) is 0. The van der Waals surface area contributed by atoms with Gasteiger partial charge in [0.05, 0.1) is 38.5 Å². The summed E-state index contributed by atoms with van der Waals surface area (Å²) in [6.45, 7) is 1.95. The van der Waals surface area contributed by atoms with Gasteiger partial charge in [-0.1, -0.05) is 48.0 Å². The molecule has 0 fully saturated rings. The summed E-state index contributed by atoms with van der Waals surface area (Å²) in [6.07, 6.45) is 0. The maximum absolute atomic E-state index is 12.9. The zero-order valence-corrected chi connectivity index (χ0v) is 17.2. The maximum Gasteiger partial charge on any atom is 0.337 e. The van der Waals surface area contributed by atoms with Gasteiger partial charge in [-0.05, 0) is 24.6 Å². The van der Waals surface area contributed by atoms with Crippen LogP contribution in [0.25, 0.3) is 0 Å². The molecule has 7 nitrogen and oxygen atoms in total. The third-order valence-electron chi connectivity index (χ3n) is 5.08. The van der Waals surface area contributed by atoms with E-state index in [9.17, 15) is 14.4 Å². The summed E-state index contributed by atoms with van der Waals surface area (Å²) in [5.74, 6) is -2.19. The van der Waals surface area contributed by atoms with Crippen LogP contribution in [0.4, 0.5) is 5.69 Å². The minimum absolute atomic E-state index is 0.0486. The number of ether oxygens (including phenoxy) is 3. The molecule has 2 aromatic carbocycles. The lowest BCUT2D eigenvalue weighted by Crippen LogP contribution is -2.42. The van der Waals surface area contributed by atoms with Crippen molar-refractivity contribution in [1.82, 2.24) is 0 Å². The Morgan fingerprint density at radius 2 is 1.33 bits per heavy atom. The van der Waals surface area contributed by atoms with Gasteiger partial charge in [-0.2, -0.15) is 0 Å². The van der Waals surface area contributed by atoms with E-state index >= 15 is 0 Å². The van der Waals surface area contributed by atoms with Gasteiger partial charge in [0.25, 0.3) is 0 Å². The molecule has 0 amide bonds. The number of anilines is 1. The average Bonchev–Trinajstić information content (AvgIpc) is 3.14. The number of aryl methyl sites for hydroxylation is 1. The highest BCUT2D eigenvalue weighted by molar-refractivity contribution is 6.10. The van der Waals surface area contributed by atoms with E-state index in [0.717, 1.165) is 11.1 Å². The fraction of sp³-hybridized carbons (Fsp3) is 0.261. The molecule has 2 aromatic rings. The number of nitrogens with zero attached hydrogens (tertiary/aromatic N) is 1. The van der Waals surface area contributed by atoms with Crippen LogP contribution in [0.15, 0.2) is 65.7 Å². The van der Waals surface area contributed by atoms with E-state index in [4.69, 9.17) is 14.2 Å². The first-order valence-electron chi connectivity index (χ1n) is 9.33. The largest absolute Gasteiger partial charge is 0.467 e. The molecule has 0 bridgehead atoms. The predicted octanol–water partition coefficient (Wildman–Crippen LogP) is 2.74. The van der Waals surface area contributed by atoms with Crippen LogP contribution in [-0.2, 0) is 28.6 Å². The van der Waals surface area contributed by atoms with E-state index in [1.54, 1.807) is 17.0 Å². The molecular formula is C23H23NO6. The second-order valence-electron chi connectivity index (χ2n) is 6.79. The SMILES string of the molecule is COC(=O)C1=C(C(=O)OC)[C@H](c2ccc(C)cc2)N(c2ccccc2)[C@H]1C(=O)OC. The van der Waals surface area contributed by atoms with Crippen molar-refractivity contribution >= 4 is 23.6 Å². The van der Waals surface area contributed by atoms with Crippen molar-refractivity contribution in [2.45, 2.75) is 19.0 Å². The quantitative estimate of drug-likeness (QED) is 0.555. The van der Waals surface area contributed by atoms with Crippen LogP contribution in [0, 0.1) is 6.92 Å². The third-order valence-corrected chi connectivity index (χ3v) is 5.08. The summed E-state index contributed by atoms with van der Waals surface area (Å²) in [6, 6.07) is 14.6. The second-order valence-corrected chi connectivity index (χ2v) is 6.79. The fourth-order valence-corrected chi connectivity index (χ4v) is 3.70. The van der Waals surface area contributed by atoms with E-state index in [1.807, 2.05) is 49.4 Å². The molecule has 0 spiro atoms. The first-order chi connectivity index (χ1) is 14.4. The van der Waals surface area contributed by atoms with Crippen LogP contribution in [0.3, 0.4) is 0 Å². The van der Waals surface area contributed by atoms with Gasteiger partial charge in [0.15, 0.2) is 6.04 Å². The van der Waals surface area contributed by atoms with Crippen molar-refractivity contribution in [3.63, 3.8) is 0 Å². The third kappa shape index (κ3) is 3.66. The number of hydrogen-bond acceptors (Lipinski definition) is 7. The van der Waals surface area contributed by atoms with Gasteiger partial charge in [-0.25, -0.2) is 14.4 Å². The van der Waals surface area contributed by atoms with Crippen LogP contribution in [0.2, 0.25) is 0 Å². The lowest BCUT2D eigenvalue weighted by Gasteiger charge is -2.33. The van der Waals surface area contributed by atoms with Crippen molar-refractivity contribution in [1.29, 1.82) is 0 Å². The summed E-state index contributed by atoms with van der Waals surface area (Å²) >= 11 is 0. The Kier molecular flexibility index (Phi) is 6.20. The lowest BCUT2D eigenvalue weighted by molar-refractivity contribution is -0.144. The number of esters is 3. The highest BCUT2D eigenvalue weighted by Crippen LogP contribution is 2.45. The molecule has 3 rings (SSSR count). The van der Waals surface area contributed by atoms with Gasteiger partial charge < -0.3 is 19.1 Å². The number of rotatable bonds is 5. The lowest BCUT2D eigenvalue weighted by atomic mass is 9.96. The molecule has 0 aliphatic carbocycles. The van der Waals surface area contributed by atoms with Crippen LogP contribution >= 0.6 is 0 Å². The molecule has 1 aliphatic rings. The summed E-state index contributed by atoms with van der Waals surface area (Å²) in [5.41, 5.74) is 2.35. The van der Waals surface area contributed by atoms with Gasteiger partial charge in [-0.3, -0.25) is 0 Å². The van der Waals surface area contributed by atoms with Crippen molar-refractivity contribution in [2.24, 2.45) is 0 Å². The average molecular weight is 409 g/mol. The van der Waals surface area contributed by atoms with Gasteiger partial charge in [0.1, 0.15) is 0 Å².